The number of anilines is 1. The molecule has 8 heteroatoms. The van der Waals surface area contributed by atoms with Gasteiger partial charge in [-0.25, -0.2) is 4.98 Å². The molecule has 7 rings (SSSR count). The smallest absolute Gasteiger partial charge is 0.228 e. The number of pyridine rings is 1. The molecule has 7 aromatic rings. The fraction of sp³-hybridized carbons (Fsp3) is 0.0625. The number of aromatic amines is 2. The fourth-order valence-electron chi connectivity index (χ4n) is 5.06. The van der Waals surface area contributed by atoms with Gasteiger partial charge in [0.1, 0.15) is 11.2 Å². The van der Waals surface area contributed by atoms with Crippen LogP contribution in [0.25, 0.3) is 55.7 Å². The standard InChI is InChI=1S/C32H24N6OS/c1-19-11-23(14-24(12-19)34-29(39)13-20-5-3-2-4-6-20)21-7-8-27-25(15-21)31(38-37-27)32-35-28-17-33-16-26(30(28)36-32)22-9-10-40-18-22/h2-12,14-18H,13H2,1H3,(H,34,39)(H,35,36)(H,37,38). The molecule has 0 aliphatic heterocycles. The number of aryl methyl sites for hydroxylation is 1. The van der Waals surface area contributed by atoms with E-state index in [0.29, 0.717) is 12.2 Å². The molecule has 4 heterocycles. The number of H-pyrrole nitrogens is 2. The molecule has 0 atom stereocenters. The third kappa shape index (κ3) is 4.54. The van der Waals surface area contributed by atoms with Gasteiger partial charge < -0.3 is 10.3 Å². The van der Waals surface area contributed by atoms with Crippen LogP contribution in [0.3, 0.4) is 0 Å². The molecule has 40 heavy (non-hydrogen) atoms. The van der Waals surface area contributed by atoms with Crippen molar-refractivity contribution in [1.82, 2.24) is 25.1 Å². The van der Waals surface area contributed by atoms with Gasteiger partial charge in [-0.3, -0.25) is 14.9 Å². The van der Waals surface area contributed by atoms with Crippen molar-refractivity contribution in [2.75, 3.05) is 5.32 Å². The lowest BCUT2D eigenvalue weighted by molar-refractivity contribution is -0.115. The summed E-state index contributed by atoms with van der Waals surface area (Å²) in [5, 5.41) is 15.9. The van der Waals surface area contributed by atoms with Crippen LogP contribution in [0, 0.1) is 6.92 Å². The van der Waals surface area contributed by atoms with Crippen molar-refractivity contribution >= 4 is 44.9 Å². The Morgan fingerprint density at radius 1 is 0.925 bits per heavy atom. The van der Waals surface area contributed by atoms with Crippen LogP contribution in [0.1, 0.15) is 11.1 Å². The Labute approximate surface area is 234 Å². The molecule has 0 unspecified atom stereocenters. The van der Waals surface area contributed by atoms with Crippen LogP contribution in [0.2, 0.25) is 0 Å². The van der Waals surface area contributed by atoms with Crippen molar-refractivity contribution in [3.8, 4) is 33.8 Å². The number of hydrogen-bond acceptors (Lipinski definition) is 5. The number of carbonyl (C=O) groups excluding carboxylic acids is 1. The summed E-state index contributed by atoms with van der Waals surface area (Å²) < 4.78 is 0. The van der Waals surface area contributed by atoms with E-state index < -0.39 is 0 Å². The third-order valence-electron chi connectivity index (χ3n) is 6.92. The topological polar surface area (TPSA) is 99.3 Å². The van der Waals surface area contributed by atoms with Crippen molar-refractivity contribution in [1.29, 1.82) is 0 Å². The lowest BCUT2D eigenvalue weighted by Gasteiger charge is -2.10. The number of aromatic nitrogens is 5. The Morgan fingerprint density at radius 3 is 2.67 bits per heavy atom. The molecule has 0 saturated heterocycles. The quantitative estimate of drug-likeness (QED) is 0.205. The van der Waals surface area contributed by atoms with Crippen LogP contribution in [-0.2, 0) is 11.2 Å². The molecule has 0 saturated carbocycles. The number of imidazole rings is 1. The van der Waals surface area contributed by atoms with E-state index in [2.05, 4.69) is 60.5 Å². The number of benzene rings is 3. The molecule has 3 aromatic carbocycles. The monoisotopic (exact) mass is 540 g/mol. The first-order chi connectivity index (χ1) is 19.6. The molecular formula is C32H24N6OS. The number of nitrogens with one attached hydrogen (secondary N) is 3. The highest BCUT2D eigenvalue weighted by molar-refractivity contribution is 7.08. The molecule has 0 aliphatic rings. The van der Waals surface area contributed by atoms with Crippen molar-refractivity contribution in [2.45, 2.75) is 13.3 Å². The first kappa shape index (κ1) is 24.0. The first-order valence-corrected chi connectivity index (χ1v) is 13.9. The first-order valence-electron chi connectivity index (χ1n) is 12.9. The molecular weight excluding hydrogens is 516 g/mol. The van der Waals surface area contributed by atoms with E-state index in [1.807, 2.05) is 61.7 Å². The van der Waals surface area contributed by atoms with Crippen LogP contribution in [-0.4, -0.2) is 31.1 Å². The van der Waals surface area contributed by atoms with Crippen molar-refractivity contribution in [3.63, 3.8) is 0 Å². The maximum Gasteiger partial charge on any atom is 0.228 e. The highest BCUT2D eigenvalue weighted by Crippen LogP contribution is 2.34. The minimum absolute atomic E-state index is 0.0449. The summed E-state index contributed by atoms with van der Waals surface area (Å²) >= 11 is 1.65. The second-order valence-electron chi connectivity index (χ2n) is 9.81. The number of carbonyl (C=O) groups is 1. The summed E-state index contributed by atoms with van der Waals surface area (Å²) in [7, 11) is 0. The summed E-state index contributed by atoms with van der Waals surface area (Å²) in [4.78, 5) is 25.5. The molecule has 0 bridgehead atoms. The zero-order valence-electron chi connectivity index (χ0n) is 21.6. The second kappa shape index (κ2) is 9.91. The number of thiophene rings is 1. The lowest BCUT2D eigenvalue weighted by Crippen LogP contribution is -2.14. The van der Waals surface area contributed by atoms with Crippen molar-refractivity contribution < 1.29 is 4.79 Å². The Bertz CT molecular complexity index is 1990. The molecule has 0 radical (unpaired) electrons. The number of fused-ring (bicyclic) bond motifs is 2. The number of amides is 1. The van der Waals surface area contributed by atoms with Crippen LogP contribution < -0.4 is 5.32 Å². The van der Waals surface area contributed by atoms with Gasteiger partial charge in [0.15, 0.2) is 5.82 Å². The molecule has 0 fully saturated rings. The summed E-state index contributed by atoms with van der Waals surface area (Å²) in [5.41, 5.74) is 10.3. The zero-order valence-corrected chi connectivity index (χ0v) is 22.4. The summed E-state index contributed by atoms with van der Waals surface area (Å²) in [6.45, 7) is 2.03. The Balaban J connectivity index is 1.23. The van der Waals surface area contributed by atoms with E-state index in [9.17, 15) is 4.79 Å². The maximum absolute atomic E-state index is 12.7. The number of rotatable bonds is 6. The van der Waals surface area contributed by atoms with Gasteiger partial charge >= 0.3 is 0 Å². The Hall–Kier alpha value is -5.08. The molecule has 194 valence electrons. The van der Waals surface area contributed by atoms with Gasteiger partial charge in [-0.15, -0.1) is 0 Å². The van der Waals surface area contributed by atoms with Gasteiger partial charge in [0.25, 0.3) is 0 Å². The van der Waals surface area contributed by atoms with Gasteiger partial charge in [-0.2, -0.15) is 16.4 Å². The largest absolute Gasteiger partial charge is 0.335 e. The Morgan fingerprint density at radius 2 is 1.82 bits per heavy atom. The number of nitrogens with zero attached hydrogens (tertiary/aromatic N) is 3. The van der Waals surface area contributed by atoms with E-state index >= 15 is 0 Å². The maximum atomic E-state index is 12.7. The minimum atomic E-state index is -0.0449. The molecule has 3 N–H and O–H groups in total. The second-order valence-corrected chi connectivity index (χ2v) is 10.6. The fourth-order valence-corrected chi connectivity index (χ4v) is 5.71. The average Bonchev–Trinajstić information content (AvgIpc) is 3.72. The predicted molar refractivity (Wildman–Crippen MR) is 161 cm³/mol. The SMILES string of the molecule is Cc1cc(NC(=O)Cc2ccccc2)cc(-c2ccc3[nH]nc(-c4nc5c(-c6ccsc6)cncc5[nH]4)c3c2)c1. The molecule has 1 amide bonds. The van der Waals surface area contributed by atoms with E-state index in [0.717, 1.165) is 66.7 Å². The van der Waals surface area contributed by atoms with Gasteiger partial charge in [0.2, 0.25) is 5.91 Å². The minimum Gasteiger partial charge on any atom is -0.335 e. The third-order valence-corrected chi connectivity index (χ3v) is 7.60. The van der Waals surface area contributed by atoms with Crippen LogP contribution in [0.15, 0.2) is 96.0 Å². The normalized spacial score (nSPS) is 11.3. The van der Waals surface area contributed by atoms with Crippen LogP contribution in [0.4, 0.5) is 5.69 Å². The van der Waals surface area contributed by atoms with Crippen molar-refractivity contribution in [2.24, 2.45) is 0 Å². The summed E-state index contributed by atoms with van der Waals surface area (Å²) in [6, 6.07) is 24.1. The Kier molecular flexibility index (Phi) is 5.94. The van der Waals surface area contributed by atoms with Gasteiger partial charge in [0, 0.05) is 22.8 Å². The molecule has 7 nitrogen and oxygen atoms in total. The van der Waals surface area contributed by atoms with Crippen molar-refractivity contribution in [3.05, 3.63) is 107 Å². The molecule has 0 spiro atoms. The highest BCUT2D eigenvalue weighted by atomic mass is 32.1. The van der Waals surface area contributed by atoms with E-state index in [1.165, 1.54) is 0 Å². The molecule has 4 aromatic heterocycles. The predicted octanol–water partition coefficient (Wildman–Crippen LogP) is 7.39. The zero-order chi connectivity index (χ0) is 27.1. The average molecular weight is 541 g/mol. The van der Waals surface area contributed by atoms with E-state index in [4.69, 9.17) is 4.98 Å². The summed E-state index contributed by atoms with van der Waals surface area (Å²) in [5.74, 6) is 0.637. The van der Waals surface area contributed by atoms with Gasteiger partial charge in [-0.05, 0) is 75.8 Å². The lowest BCUT2D eigenvalue weighted by atomic mass is 10.0. The summed E-state index contributed by atoms with van der Waals surface area (Å²) in [6.07, 6.45) is 3.97. The van der Waals surface area contributed by atoms with E-state index in [-0.39, 0.29) is 5.91 Å². The highest BCUT2D eigenvalue weighted by Gasteiger charge is 2.16. The van der Waals surface area contributed by atoms with Crippen LogP contribution in [0.5, 0.6) is 0 Å². The van der Waals surface area contributed by atoms with Gasteiger partial charge in [-0.1, -0.05) is 42.5 Å². The van der Waals surface area contributed by atoms with Crippen LogP contribution >= 0.6 is 11.3 Å². The van der Waals surface area contributed by atoms with E-state index in [1.54, 1.807) is 17.5 Å². The molecule has 0 aliphatic carbocycles. The van der Waals surface area contributed by atoms with Gasteiger partial charge in [0.05, 0.1) is 23.7 Å². The number of hydrogen-bond donors (Lipinski definition) is 3.